The van der Waals surface area contributed by atoms with Crippen LogP contribution in [-0.2, 0) is 24.3 Å². The Morgan fingerprint density at radius 1 is 1.42 bits per heavy atom. The minimum absolute atomic E-state index is 0.100. The molecule has 0 radical (unpaired) electrons. The lowest BCUT2D eigenvalue weighted by Gasteiger charge is -2.30. The minimum Gasteiger partial charge on any atom is -0.347 e. The highest BCUT2D eigenvalue weighted by Gasteiger charge is 2.48. The fourth-order valence-electron chi connectivity index (χ4n) is 2.61. The zero-order valence-corrected chi connectivity index (χ0v) is 13.5. The van der Waals surface area contributed by atoms with Crippen LogP contribution < -0.4 is 10.6 Å². The third-order valence-corrected chi connectivity index (χ3v) is 3.95. The topological polar surface area (TPSA) is 169 Å². The predicted molar refractivity (Wildman–Crippen MR) is 77.9 cm³/mol. The van der Waals surface area contributed by atoms with E-state index in [1.54, 1.807) is 0 Å². The van der Waals surface area contributed by atoms with Crippen LogP contribution in [0.15, 0.2) is 0 Å². The summed E-state index contributed by atoms with van der Waals surface area (Å²) in [6.07, 6.45) is 0.632. The first-order valence-corrected chi connectivity index (χ1v) is 8.34. The van der Waals surface area contributed by atoms with E-state index in [0.717, 1.165) is 0 Å². The molecular weight excluding hydrogens is 346 g/mol. The molecule has 13 heteroatoms. The Morgan fingerprint density at radius 2 is 2.08 bits per heavy atom. The number of piperidine rings is 1. The third-order valence-electron chi connectivity index (χ3n) is 3.60. The van der Waals surface area contributed by atoms with Crippen LogP contribution in [0.3, 0.4) is 0 Å². The number of hydrogen-bond donors (Lipinski definition) is 4. The molecule has 0 aliphatic carbocycles. The van der Waals surface area contributed by atoms with Crippen molar-refractivity contribution in [3.63, 3.8) is 0 Å². The highest BCUT2D eigenvalue weighted by Crippen LogP contribution is 2.30. The average Bonchev–Trinajstić information content (AvgIpc) is 2.69. The molecular formula is C11H17N5O7S. The van der Waals surface area contributed by atoms with Gasteiger partial charge in [-0.3, -0.25) is 19.6 Å². The van der Waals surface area contributed by atoms with Crippen molar-refractivity contribution < 1.29 is 31.6 Å². The standard InChI is InChI=1S/C11H17N5O7S/c1-6(17)13-4-9(18)14-10(12)8-3-2-7-5-15(8)11(19)16(7)23-24(20,21)22/h7-8H,2-5H2,1H3,(H,13,17)(H2,12,14,18)(H,20,21,22)/t7-,8+/m1/s1. The summed E-state index contributed by atoms with van der Waals surface area (Å²) in [4.78, 5) is 35.7. The quantitative estimate of drug-likeness (QED) is 0.254. The first-order valence-electron chi connectivity index (χ1n) is 6.98. The number of fused-ring (bicyclic) bond motifs is 2. The molecule has 2 aliphatic rings. The van der Waals surface area contributed by atoms with E-state index in [4.69, 9.17) is 9.96 Å². The molecule has 0 aromatic rings. The summed E-state index contributed by atoms with van der Waals surface area (Å²) in [5.74, 6) is -1.26. The average molecular weight is 363 g/mol. The molecule has 4 N–H and O–H groups in total. The zero-order valence-electron chi connectivity index (χ0n) is 12.7. The molecule has 4 amide bonds. The fourth-order valence-corrected chi connectivity index (χ4v) is 3.00. The number of hydrogen-bond acceptors (Lipinski definition) is 7. The Hall–Kier alpha value is -2.25. The monoisotopic (exact) mass is 363 g/mol. The highest BCUT2D eigenvalue weighted by atomic mass is 32.3. The maximum absolute atomic E-state index is 12.2. The van der Waals surface area contributed by atoms with E-state index in [1.807, 2.05) is 0 Å². The van der Waals surface area contributed by atoms with Crippen LogP contribution in [0, 0.1) is 5.41 Å². The lowest BCUT2D eigenvalue weighted by atomic mass is 10.00. The van der Waals surface area contributed by atoms with Crippen molar-refractivity contribution in [1.29, 1.82) is 5.41 Å². The van der Waals surface area contributed by atoms with E-state index >= 15 is 0 Å². The Morgan fingerprint density at radius 3 is 2.67 bits per heavy atom. The number of nitrogens with one attached hydrogen (secondary N) is 3. The van der Waals surface area contributed by atoms with E-state index in [9.17, 15) is 22.8 Å². The molecule has 2 rings (SSSR count). The zero-order chi connectivity index (χ0) is 18.1. The number of carbonyl (C=O) groups excluding carboxylic acids is 3. The Bertz CT molecular complexity index is 678. The van der Waals surface area contributed by atoms with Crippen LogP contribution in [0.1, 0.15) is 19.8 Å². The van der Waals surface area contributed by atoms with Crippen LogP contribution in [0.5, 0.6) is 0 Å². The molecule has 2 aliphatic heterocycles. The van der Waals surface area contributed by atoms with E-state index in [1.165, 1.54) is 11.8 Å². The van der Waals surface area contributed by atoms with Crippen LogP contribution in [-0.4, -0.2) is 71.8 Å². The van der Waals surface area contributed by atoms with Crippen LogP contribution in [0.4, 0.5) is 4.79 Å². The second-order valence-electron chi connectivity index (χ2n) is 5.38. The number of urea groups is 1. The first-order chi connectivity index (χ1) is 11.1. The second kappa shape index (κ2) is 6.70. The first kappa shape index (κ1) is 18.1. The van der Waals surface area contributed by atoms with Crippen LogP contribution >= 0.6 is 0 Å². The van der Waals surface area contributed by atoms with Crippen LogP contribution in [0.2, 0.25) is 0 Å². The van der Waals surface area contributed by atoms with Gasteiger partial charge in [-0.25, -0.2) is 4.79 Å². The van der Waals surface area contributed by atoms with Gasteiger partial charge in [0.05, 0.1) is 18.6 Å². The lowest BCUT2D eigenvalue weighted by molar-refractivity contribution is -0.124. The van der Waals surface area contributed by atoms with E-state index < -0.39 is 40.3 Å². The molecule has 0 aromatic carbocycles. The Labute approximate surface area is 137 Å². The van der Waals surface area contributed by atoms with Crippen molar-refractivity contribution in [2.24, 2.45) is 0 Å². The van der Waals surface area contributed by atoms with E-state index in [2.05, 4.69) is 14.9 Å². The molecule has 0 saturated carbocycles. The molecule has 134 valence electrons. The molecule has 2 saturated heterocycles. The maximum atomic E-state index is 12.2. The smallest absolute Gasteiger partial charge is 0.347 e. The summed E-state index contributed by atoms with van der Waals surface area (Å²) >= 11 is 0. The molecule has 0 aromatic heterocycles. The summed E-state index contributed by atoms with van der Waals surface area (Å²) in [5.41, 5.74) is 0. The van der Waals surface area contributed by atoms with Crippen molar-refractivity contribution in [2.45, 2.75) is 31.8 Å². The van der Waals surface area contributed by atoms with Gasteiger partial charge < -0.3 is 15.5 Å². The highest BCUT2D eigenvalue weighted by molar-refractivity contribution is 7.80. The van der Waals surface area contributed by atoms with Crippen LogP contribution in [0.25, 0.3) is 0 Å². The molecule has 2 atom stereocenters. The summed E-state index contributed by atoms with van der Waals surface area (Å²) < 4.78 is 34.6. The molecule has 2 fully saturated rings. The Balaban J connectivity index is 1.99. The number of carbonyl (C=O) groups is 3. The van der Waals surface area contributed by atoms with Gasteiger partial charge in [-0.05, 0) is 12.8 Å². The molecule has 0 spiro atoms. The SMILES string of the molecule is CC(=O)NCC(=O)NC(=N)[C@@H]1CC[C@@H]2CN1C(=O)N2OS(=O)(=O)O. The Kier molecular flexibility index (Phi) is 5.05. The minimum atomic E-state index is -4.84. The van der Waals surface area contributed by atoms with Gasteiger partial charge in [-0.15, -0.1) is 4.28 Å². The molecule has 0 unspecified atom stereocenters. The predicted octanol–water partition coefficient (Wildman–Crippen LogP) is -1.78. The van der Waals surface area contributed by atoms with Crippen molar-refractivity contribution in [3.8, 4) is 0 Å². The van der Waals surface area contributed by atoms with Gasteiger partial charge in [-0.2, -0.15) is 13.5 Å². The lowest BCUT2D eigenvalue weighted by Crippen LogP contribution is -2.52. The number of amidine groups is 1. The number of nitrogens with zero attached hydrogens (tertiary/aromatic N) is 2. The number of amides is 4. The van der Waals surface area contributed by atoms with E-state index in [-0.39, 0.29) is 18.9 Å². The van der Waals surface area contributed by atoms with Crippen molar-refractivity contribution in [2.75, 3.05) is 13.1 Å². The van der Waals surface area contributed by atoms with Gasteiger partial charge >= 0.3 is 16.4 Å². The number of hydroxylamine groups is 2. The van der Waals surface area contributed by atoms with E-state index in [0.29, 0.717) is 17.9 Å². The summed E-state index contributed by atoms with van der Waals surface area (Å²) in [6.45, 7) is 1.04. The van der Waals surface area contributed by atoms with Gasteiger partial charge in [0.25, 0.3) is 0 Å². The van der Waals surface area contributed by atoms with Gasteiger partial charge in [0.2, 0.25) is 11.8 Å². The van der Waals surface area contributed by atoms with Crippen molar-refractivity contribution in [3.05, 3.63) is 0 Å². The molecule has 12 nitrogen and oxygen atoms in total. The number of rotatable bonds is 5. The summed E-state index contributed by atoms with van der Waals surface area (Å²) in [7, 11) is -4.84. The maximum Gasteiger partial charge on any atom is 0.418 e. The largest absolute Gasteiger partial charge is 0.418 e. The molecule has 2 heterocycles. The normalized spacial score (nSPS) is 23.2. The molecule has 24 heavy (non-hydrogen) atoms. The third kappa shape index (κ3) is 4.18. The van der Waals surface area contributed by atoms with Crippen molar-refractivity contribution >= 4 is 34.1 Å². The van der Waals surface area contributed by atoms with Gasteiger partial charge in [-0.1, -0.05) is 0 Å². The second-order valence-corrected chi connectivity index (χ2v) is 6.39. The molecule has 2 bridgehead atoms. The van der Waals surface area contributed by atoms with Crippen molar-refractivity contribution in [1.82, 2.24) is 20.6 Å². The van der Waals surface area contributed by atoms with Gasteiger partial charge in [0.15, 0.2) is 0 Å². The van der Waals surface area contributed by atoms with Gasteiger partial charge in [0, 0.05) is 13.5 Å². The summed E-state index contributed by atoms with van der Waals surface area (Å²) in [6, 6.07) is -2.15. The summed E-state index contributed by atoms with van der Waals surface area (Å²) in [5, 5.41) is 13.0. The fraction of sp³-hybridized carbons (Fsp3) is 0.636. The van der Waals surface area contributed by atoms with Gasteiger partial charge in [0.1, 0.15) is 5.84 Å².